The fourth-order valence-electron chi connectivity index (χ4n) is 2.84. The number of rotatable bonds is 8. The van der Waals surface area contributed by atoms with Gasteiger partial charge in [-0.15, -0.1) is 0 Å². The number of pyridine rings is 1. The molecule has 4 aromatic rings. The second-order valence-corrected chi connectivity index (χ2v) is 6.35. The monoisotopic (exact) mass is 392 g/mol. The second kappa shape index (κ2) is 8.47. The van der Waals surface area contributed by atoms with Gasteiger partial charge in [0.05, 0.1) is 12.8 Å². The van der Waals surface area contributed by atoms with Crippen molar-refractivity contribution in [2.24, 2.45) is 0 Å². The Morgan fingerprint density at radius 3 is 2.93 bits per heavy atom. The minimum absolute atomic E-state index is 0.161. The van der Waals surface area contributed by atoms with Gasteiger partial charge in [-0.3, -0.25) is 4.79 Å². The van der Waals surface area contributed by atoms with Gasteiger partial charge in [-0.1, -0.05) is 17.3 Å². The third-order valence-corrected chi connectivity index (χ3v) is 4.29. The average Bonchev–Trinajstić information content (AvgIpc) is 3.39. The van der Waals surface area contributed by atoms with Crippen molar-refractivity contribution in [3.8, 4) is 11.5 Å². The fraction of sp³-hybridized carbons (Fsp3) is 0.190. The molecule has 0 bridgehead atoms. The number of fused-ring (bicyclic) bond motifs is 1. The summed E-state index contributed by atoms with van der Waals surface area (Å²) in [6.45, 7) is 0.611. The molecule has 0 unspecified atom stereocenters. The van der Waals surface area contributed by atoms with E-state index in [0.717, 1.165) is 11.3 Å². The molecule has 3 aromatic heterocycles. The van der Waals surface area contributed by atoms with Gasteiger partial charge in [0.2, 0.25) is 0 Å². The second-order valence-electron chi connectivity index (χ2n) is 6.35. The molecule has 0 aliphatic carbocycles. The van der Waals surface area contributed by atoms with Crippen LogP contribution in [0.15, 0.2) is 65.4 Å². The number of aromatic nitrogens is 3. The zero-order chi connectivity index (χ0) is 20.1. The molecule has 0 radical (unpaired) electrons. The van der Waals surface area contributed by atoms with Crippen LogP contribution in [0.4, 0.5) is 0 Å². The van der Waals surface area contributed by atoms with E-state index in [9.17, 15) is 4.79 Å². The van der Waals surface area contributed by atoms with Gasteiger partial charge in [0.1, 0.15) is 23.8 Å². The van der Waals surface area contributed by atoms with E-state index < -0.39 is 0 Å². The van der Waals surface area contributed by atoms with Gasteiger partial charge in [0.25, 0.3) is 5.91 Å². The summed E-state index contributed by atoms with van der Waals surface area (Å²) in [4.78, 5) is 16.8. The number of benzene rings is 1. The van der Waals surface area contributed by atoms with Gasteiger partial charge in [0.15, 0.2) is 11.5 Å². The SMILES string of the molecule is COc1cccc(OCc2cc(C(=O)NCCc3cn4ccccc4n3)no2)c1. The van der Waals surface area contributed by atoms with Gasteiger partial charge in [0, 0.05) is 37.5 Å². The molecule has 1 amide bonds. The lowest BCUT2D eigenvalue weighted by Gasteiger charge is -2.05. The summed E-state index contributed by atoms with van der Waals surface area (Å²) in [6, 6.07) is 14.6. The Labute approximate surface area is 167 Å². The van der Waals surface area contributed by atoms with Gasteiger partial charge >= 0.3 is 0 Å². The largest absolute Gasteiger partial charge is 0.497 e. The van der Waals surface area contributed by atoms with Crippen molar-refractivity contribution in [3.63, 3.8) is 0 Å². The Morgan fingerprint density at radius 2 is 2.07 bits per heavy atom. The standard InChI is InChI=1S/C21H20N4O4/c1-27-16-5-4-6-17(11-16)28-14-18-12-19(24-29-18)21(26)22-9-8-15-13-25-10-3-2-7-20(25)23-15/h2-7,10-13H,8-9,14H2,1H3,(H,22,26). The summed E-state index contributed by atoms with van der Waals surface area (Å²) < 4.78 is 17.9. The zero-order valence-corrected chi connectivity index (χ0v) is 15.9. The molecule has 8 heteroatoms. The third-order valence-electron chi connectivity index (χ3n) is 4.29. The van der Waals surface area contributed by atoms with Gasteiger partial charge < -0.3 is 23.7 Å². The number of carbonyl (C=O) groups is 1. The molecule has 0 spiro atoms. The Balaban J connectivity index is 1.27. The first-order valence-corrected chi connectivity index (χ1v) is 9.14. The zero-order valence-electron chi connectivity index (χ0n) is 15.9. The highest BCUT2D eigenvalue weighted by molar-refractivity contribution is 5.92. The predicted octanol–water partition coefficient (Wildman–Crippen LogP) is 2.88. The number of hydrogen-bond donors (Lipinski definition) is 1. The van der Waals surface area contributed by atoms with E-state index in [0.29, 0.717) is 30.2 Å². The molecule has 4 rings (SSSR count). The number of ether oxygens (including phenoxy) is 2. The lowest BCUT2D eigenvalue weighted by atomic mass is 10.3. The minimum atomic E-state index is -0.301. The molecular weight excluding hydrogens is 372 g/mol. The van der Waals surface area contributed by atoms with Crippen molar-refractivity contribution in [1.29, 1.82) is 0 Å². The van der Waals surface area contributed by atoms with E-state index in [1.807, 2.05) is 53.2 Å². The summed E-state index contributed by atoms with van der Waals surface area (Å²) in [5.74, 6) is 1.49. The molecule has 0 aliphatic heterocycles. The maximum absolute atomic E-state index is 12.3. The normalized spacial score (nSPS) is 10.8. The van der Waals surface area contributed by atoms with Crippen LogP contribution in [-0.4, -0.2) is 34.1 Å². The highest BCUT2D eigenvalue weighted by Crippen LogP contribution is 2.20. The van der Waals surface area contributed by atoms with Crippen molar-refractivity contribution in [2.45, 2.75) is 13.0 Å². The fourth-order valence-corrected chi connectivity index (χ4v) is 2.84. The van der Waals surface area contributed by atoms with Crippen molar-refractivity contribution in [3.05, 3.63) is 78.1 Å². The molecule has 0 aliphatic rings. The van der Waals surface area contributed by atoms with Crippen LogP contribution in [0.1, 0.15) is 21.9 Å². The molecule has 0 saturated heterocycles. The molecular formula is C21H20N4O4. The van der Waals surface area contributed by atoms with Crippen molar-refractivity contribution in [2.75, 3.05) is 13.7 Å². The molecule has 1 N–H and O–H groups in total. The lowest BCUT2D eigenvalue weighted by molar-refractivity contribution is 0.0944. The first kappa shape index (κ1) is 18.5. The van der Waals surface area contributed by atoms with E-state index in [1.54, 1.807) is 19.2 Å². The van der Waals surface area contributed by atoms with E-state index >= 15 is 0 Å². The number of carbonyl (C=O) groups excluding carboxylic acids is 1. The molecule has 3 heterocycles. The molecule has 0 saturated carbocycles. The van der Waals surface area contributed by atoms with E-state index in [2.05, 4.69) is 15.5 Å². The Kier molecular flexibility index (Phi) is 5.42. The maximum atomic E-state index is 12.3. The Morgan fingerprint density at radius 1 is 1.17 bits per heavy atom. The molecule has 148 valence electrons. The van der Waals surface area contributed by atoms with Crippen LogP contribution in [0.5, 0.6) is 11.5 Å². The summed E-state index contributed by atoms with van der Waals surface area (Å²) in [5.41, 5.74) is 2.00. The molecule has 29 heavy (non-hydrogen) atoms. The smallest absolute Gasteiger partial charge is 0.273 e. The van der Waals surface area contributed by atoms with Crippen molar-refractivity contribution in [1.82, 2.24) is 19.9 Å². The predicted molar refractivity (Wildman–Crippen MR) is 105 cm³/mol. The van der Waals surface area contributed by atoms with E-state index in [-0.39, 0.29) is 18.2 Å². The number of nitrogens with one attached hydrogen (secondary N) is 1. The van der Waals surface area contributed by atoms with Crippen LogP contribution in [0.25, 0.3) is 5.65 Å². The number of nitrogens with zero attached hydrogens (tertiary/aromatic N) is 3. The van der Waals surface area contributed by atoms with Crippen LogP contribution in [0, 0.1) is 0 Å². The number of imidazole rings is 1. The van der Waals surface area contributed by atoms with Gasteiger partial charge in [-0.05, 0) is 24.3 Å². The first-order chi connectivity index (χ1) is 14.2. The Bertz CT molecular complexity index is 1090. The molecule has 0 atom stereocenters. The first-order valence-electron chi connectivity index (χ1n) is 9.14. The quantitative estimate of drug-likeness (QED) is 0.496. The lowest BCUT2D eigenvalue weighted by Crippen LogP contribution is -2.26. The topological polar surface area (TPSA) is 90.9 Å². The van der Waals surface area contributed by atoms with Crippen LogP contribution in [0.3, 0.4) is 0 Å². The van der Waals surface area contributed by atoms with Crippen LogP contribution >= 0.6 is 0 Å². The molecule has 0 fully saturated rings. The highest BCUT2D eigenvalue weighted by Gasteiger charge is 2.13. The number of hydrogen-bond acceptors (Lipinski definition) is 6. The molecule has 8 nitrogen and oxygen atoms in total. The van der Waals surface area contributed by atoms with Crippen molar-refractivity contribution < 1.29 is 18.8 Å². The average molecular weight is 392 g/mol. The summed E-state index contributed by atoms with van der Waals surface area (Å²) in [6.07, 6.45) is 4.51. The summed E-state index contributed by atoms with van der Waals surface area (Å²) in [7, 11) is 1.59. The highest BCUT2D eigenvalue weighted by atomic mass is 16.5. The van der Waals surface area contributed by atoms with Crippen molar-refractivity contribution >= 4 is 11.6 Å². The van der Waals surface area contributed by atoms with Crippen LogP contribution in [0.2, 0.25) is 0 Å². The van der Waals surface area contributed by atoms with Gasteiger partial charge in [-0.25, -0.2) is 4.98 Å². The summed E-state index contributed by atoms with van der Waals surface area (Å²) >= 11 is 0. The summed E-state index contributed by atoms with van der Waals surface area (Å²) in [5, 5.41) is 6.64. The Hall–Kier alpha value is -3.81. The third kappa shape index (κ3) is 4.55. The van der Waals surface area contributed by atoms with E-state index in [4.69, 9.17) is 14.0 Å². The van der Waals surface area contributed by atoms with Crippen LogP contribution in [-0.2, 0) is 13.0 Å². The van der Waals surface area contributed by atoms with Gasteiger partial charge in [-0.2, -0.15) is 0 Å². The number of amides is 1. The molecule has 1 aromatic carbocycles. The maximum Gasteiger partial charge on any atom is 0.273 e. The minimum Gasteiger partial charge on any atom is -0.497 e. The number of methoxy groups -OCH3 is 1. The van der Waals surface area contributed by atoms with E-state index in [1.165, 1.54) is 0 Å². The van der Waals surface area contributed by atoms with Crippen LogP contribution < -0.4 is 14.8 Å².